The molecule has 3 rings (SSSR count). The Morgan fingerprint density at radius 1 is 1.48 bits per heavy atom. The number of ether oxygens (including phenoxy) is 1. The van der Waals surface area contributed by atoms with Crippen molar-refractivity contribution in [3.8, 4) is 5.75 Å². The number of hydrogen-bond acceptors (Lipinski definition) is 7. The van der Waals surface area contributed by atoms with Crippen molar-refractivity contribution >= 4 is 49.2 Å². The number of oxime groups is 1. The summed E-state index contributed by atoms with van der Waals surface area (Å²) < 4.78 is 32.9. The molecule has 1 unspecified atom stereocenters. The van der Waals surface area contributed by atoms with Gasteiger partial charge in [0.05, 0.1) is 17.1 Å². The average molecular weight is 433 g/mol. The number of halogens is 1. The van der Waals surface area contributed by atoms with Crippen LogP contribution in [-0.2, 0) is 24.4 Å². The topological polar surface area (TPSA) is 149 Å². The first-order valence-corrected chi connectivity index (χ1v) is 9.32. The van der Waals surface area contributed by atoms with Crippen LogP contribution in [0.1, 0.15) is 6.42 Å². The van der Waals surface area contributed by atoms with Gasteiger partial charge in [-0.2, -0.15) is 0 Å². The fourth-order valence-electron chi connectivity index (χ4n) is 2.25. The first-order valence-electron chi connectivity index (χ1n) is 7.04. The Labute approximate surface area is 150 Å². The quantitative estimate of drug-likeness (QED) is 0.580. The minimum absolute atomic E-state index is 0.0586. The van der Waals surface area contributed by atoms with Crippen LogP contribution in [0.4, 0.5) is 5.69 Å². The van der Waals surface area contributed by atoms with Crippen molar-refractivity contribution in [3.63, 3.8) is 0 Å². The summed E-state index contributed by atoms with van der Waals surface area (Å²) in [5, 5.41) is 6.09. The van der Waals surface area contributed by atoms with E-state index in [0.717, 1.165) is 0 Å². The third kappa shape index (κ3) is 3.75. The van der Waals surface area contributed by atoms with Crippen LogP contribution in [0.3, 0.4) is 0 Å². The molecule has 2 aliphatic heterocycles. The predicted molar refractivity (Wildman–Crippen MR) is 89.6 cm³/mol. The molecule has 0 radical (unpaired) electrons. The molecule has 0 saturated carbocycles. The molecule has 25 heavy (non-hydrogen) atoms. The molecule has 2 amide bonds. The van der Waals surface area contributed by atoms with Gasteiger partial charge in [-0.3, -0.25) is 9.59 Å². The number of nitrogens with zero attached hydrogens (tertiary/aromatic N) is 1. The molecule has 0 fully saturated rings. The molecule has 0 aromatic heterocycles. The van der Waals surface area contributed by atoms with Crippen molar-refractivity contribution < 1.29 is 27.6 Å². The molecule has 1 atom stereocenters. The van der Waals surface area contributed by atoms with Crippen LogP contribution < -0.4 is 20.5 Å². The van der Waals surface area contributed by atoms with Crippen LogP contribution in [-0.4, -0.2) is 45.2 Å². The lowest BCUT2D eigenvalue weighted by molar-refractivity contribution is -0.118. The van der Waals surface area contributed by atoms with E-state index in [9.17, 15) is 18.0 Å². The van der Waals surface area contributed by atoms with Crippen molar-refractivity contribution in [2.45, 2.75) is 17.4 Å². The first-order chi connectivity index (χ1) is 11.8. The Hall–Kier alpha value is -2.18. The number of primary amides is 1. The van der Waals surface area contributed by atoms with E-state index >= 15 is 0 Å². The van der Waals surface area contributed by atoms with E-state index in [0.29, 0.717) is 5.69 Å². The first kappa shape index (κ1) is 17.6. The molecule has 0 aliphatic carbocycles. The van der Waals surface area contributed by atoms with Crippen molar-refractivity contribution in [2.24, 2.45) is 10.9 Å². The van der Waals surface area contributed by atoms with Crippen LogP contribution in [0.2, 0.25) is 0 Å². The summed E-state index contributed by atoms with van der Waals surface area (Å²) in [4.78, 5) is 27.2. The van der Waals surface area contributed by atoms with E-state index in [1.807, 2.05) is 0 Å². The summed E-state index contributed by atoms with van der Waals surface area (Å²) >= 11 is 3.17. The van der Waals surface area contributed by atoms with Crippen LogP contribution in [0.25, 0.3) is 0 Å². The second-order valence-electron chi connectivity index (χ2n) is 5.30. The lowest BCUT2D eigenvalue weighted by atomic mass is 10.2. The summed E-state index contributed by atoms with van der Waals surface area (Å²) in [6.07, 6.45) is -0.498. The number of amides is 2. The molecule has 1 aromatic carbocycles. The zero-order chi connectivity index (χ0) is 18.2. The molecule has 0 bridgehead atoms. The number of benzene rings is 1. The Balaban J connectivity index is 1.73. The summed E-state index contributed by atoms with van der Waals surface area (Å²) in [6, 6.07) is 2.75. The number of rotatable bonds is 5. The summed E-state index contributed by atoms with van der Waals surface area (Å²) in [5.41, 5.74) is 5.52. The SMILES string of the molecule is NC(=O)C1=NOC(CNS(=O)(=O)c2cc3c(cc2Br)NC(=O)CO3)C1. The average Bonchev–Trinajstić information content (AvgIpc) is 3.01. The second kappa shape index (κ2) is 6.61. The van der Waals surface area contributed by atoms with Gasteiger partial charge in [0.2, 0.25) is 10.0 Å². The minimum atomic E-state index is -3.90. The van der Waals surface area contributed by atoms with Gasteiger partial charge in [-0.1, -0.05) is 5.16 Å². The minimum Gasteiger partial charge on any atom is -0.482 e. The number of anilines is 1. The highest BCUT2D eigenvalue weighted by Crippen LogP contribution is 2.35. The molecule has 2 aliphatic rings. The monoisotopic (exact) mass is 432 g/mol. The summed E-state index contributed by atoms with van der Waals surface area (Å²) in [5.74, 6) is -0.779. The highest BCUT2D eigenvalue weighted by molar-refractivity contribution is 9.10. The molecular weight excluding hydrogens is 420 g/mol. The van der Waals surface area contributed by atoms with Gasteiger partial charge in [-0.25, -0.2) is 13.1 Å². The predicted octanol–water partition coefficient (Wildman–Crippen LogP) is -0.312. The van der Waals surface area contributed by atoms with E-state index in [1.54, 1.807) is 0 Å². The number of carbonyl (C=O) groups is 2. The Morgan fingerprint density at radius 2 is 2.24 bits per heavy atom. The second-order valence-corrected chi connectivity index (χ2v) is 7.89. The maximum absolute atomic E-state index is 12.5. The number of carbonyl (C=O) groups excluding carboxylic acids is 2. The molecule has 12 heteroatoms. The Kier molecular flexibility index (Phi) is 4.67. The smallest absolute Gasteiger partial charge is 0.266 e. The van der Waals surface area contributed by atoms with Crippen molar-refractivity contribution in [3.05, 3.63) is 16.6 Å². The molecule has 1 aromatic rings. The van der Waals surface area contributed by atoms with E-state index in [1.165, 1.54) is 12.1 Å². The van der Waals surface area contributed by atoms with E-state index in [4.69, 9.17) is 15.3 Å². The van der Waals surface area contributed by atoms with E-state index in [2.05, 4.69) is 31.1 Å². The van der Waals surface area contributed by atoms with E-state index in [-0.39, 0.29) is 46.3 Å². The largest absolute Gasteiger partial charge is 0.482 e. The summed E-state index contributed by atoms with van der Waals surface area (Å²) in [7, 11) is -3.90. The number of fused-ring (bicyclic) bond motifs is 1. The molecule has 4 N–H and O–H groups in total. The van der Waals surface area contributed by atoms with Gasteiger partial charge in [0, 0.05) is 17.0 Å². The molecule has 2 heterocycles. The fraction of sp³-hybridized carbons (Fsp3) is 0.308. The lowest BCUT2D eigenvalue weighted by Gasteiger charge is -2.20. The normalized spacial score (nSPS) is 19.3. The van der Waals surface area contributed by atoms with Gasteiger partial charge < -0.3 is 20.6 Å². The number of hydrogen-bond donors (Lipinski definition) is 3. The number of sulfonamides is 1. The van der Waals surface area contributed by atoms with Crippen LogP contribution >= 0.6 is 15.9 Å². The van der Waals surface area contributed by atoms with Gasteiger partial charge >= 0.3 is 0 Å². The van der Waals surface area contributed by atoms with Gasteiger partial charge in [0.15, 0.2) is 6.61 Å². The van der Waals surface area contributed by atoms with Gasteiger partial charge in [0.25, 0.3) is 11.8 Å². The van der Waals surface area contributed by atoms with Gasteiger partial charge in [0.1, 0.15) is 17.6 Å². The standard InChI is InChI=1S/C13H13BrN4O6S/c14-7-2-8-10(23-5-12(19)17-8)3-11(7)25(21,22)16-4-6-1-9(13(15)20)18-24-6/h2-3,6,16H,1,4-5H2,(H2,15,20)(H,17,19). The highest BCUT2D eigenvalue weighted by Gasteiger charge is 2.28. The maximum Gasteiger partial charge on any atom is 0.266 e. The zero-order valence-corrected chi connectivity index (χ0v) is 15.0. The zero-order valence-electron chi connectivity index (χ0n) is 12.6. The molecule has 10 nitrogen and oxygen atoms in total. The molecule has 0 spiro atoms. The van der Waals surface area contributed by atoms with Gasteiger partial charge in [-0.15, -0.1) is 0 Å². The van der Waals surface area contributed by atoms with Crippen molar-refractivity contribution in [2.75, 3.05) is 18.5 Å². The highest BCUT2D eigenvalue weighted by atomic mass is 79.9. The number of nitrogens with one attached hydrogen (secondary N) is 2. The third-order valence-corrected chi connectivity index (χ3v) is 5.86. The maximum atomic E-state index is 12.5. The van der Waals surface area contributed by atoms with Crippen molar-refractivity contribution in [1.82, 2.24) is 4.72 Å². The van der Waals surface area contributed by atoms with Crippen LogP contribution in [0.5, 0.6) is 5.75 Å². The van der Waals surface area contributed by atoms with Crippen LogP contribution in [0.15, 0.2) is 26.7 Å². The number of nitrogens with two attached hydrogens (primary N) is 1. The van der Waals surface area contributed by atoms with Gasteiger partial charge in [-0.05, 0) is 22.0 Å². The fourth-order valence-corrected chi connectivity index (χ4v) is 4.37. The van der Waals surface area contributed by atoms with Crippen molar-refractivity contribution in [1.29, 1.82) is 0 Å². The Bertz CT molecular complexity index is 885. The Morgan fingerprint density at radius 3 is 2.92 bits per heavy atom. The summed E-state index contributed by atoms with van der Waals surface area (Å²) in [6.45, 7) is -0.283. The molecular formula is C13H13BrN4O6S. The molecule has 134 valence electrons. The van der Waals surface area contributed by atoms with E-state index < -0.39 is 22.0 Å². The lowest BCUT2D eigenvalue weighted by Crippen LogP contribution is -2.33. The van der Waals surface area contributed by atoms with Crippen LogP contribution in [0, 0.1) is 0 Å². The third-order valence-electron chi connectivity index (χ3n) is 3.47. The molecule has 0 saturated heterocycles.